The fourth-order valence-electron chi connectivity index (χ4n) is 5.72. The Morgan fingerprint density at radius 1 is 1.13 bits per heavy atom. The molecule has 30 heavy (non-hydrogen) atoms. The first-order valence-corrected chi connectivity index (χ1v) is 10.9. The maximum atomic E-state index is 13.2. The second kappa shape index (κ2) is 8.51. The minimum absolute atomic E-state index is 0. The van der Waals surface area contributed by atoms with E-state index in [1.54, 1.807) is 0 Å². The first kappa shape index (κ1) is 24.7. The molecule has 0 aromatic rings. The van der Waals surface area contributed by atoms with E-state index in [1.807, 2.05) is 20.8 Å². The summed E-state index contributed by atoms with van der Waals surface area (Å²) in [6.45, 7) is 7.70. The van der Waals surface area contributed by atoms with Crippen molar-refractivity contribution in [2.24, 2.45) is 29.1 Å². The Bertz CT molecular complexity index is 677. The summed E-state index contributed by atoms with van der Waals surface area (Å²) in [5.41, 5.74) is -0.993. The summed E-state index contributed by atoms with van der Waals surface area (Å²) in [7, 11) is 0. The molecule has 0 amide bonds. The molecule has 1 saturated heterocycles. The van der Waals surface area contributed by atoms with Crippen molar-refractivity contribution >= 4 is 17.9 Å². The fraction of sp³-hybridized carbons (Fsp3) is 0.875. The predicted molar refractivity (Wildman–Crippen MR) is 113 cm³/mol. The molecule has 172 valence electrons. The number of carbonyl (C=O) groups is 3. The van der Waals surface area contributed by atoms with Crippen molar-refractivity contribution < 1.29 is 28.6 Å². The van der Waals surface area contributed by atoms with Gasteiger partial charge < -0.3 is 14.2 Å². The highest BCUT2D eigenvalue weighted by Gasteiger charge is 2.70. The molecule has 1 aliphatic heterocycles. The van der Waals surface area contributed by atoms with Crippen molar-refractivity contribution in [3.63, 3.8) is 0 Å². The molecule has 0 N–H and O–H groups in total. The summed E-state index contributed by atoms with van der Waals surface area (Å²) >= 11 is 0. The van der Waals surface area contributed by atoms with Gasteiger partial charge in [0.2, 0.25) is 0 Å². The lowest BCUT2D eigenvalue weighted by atomic mass is 9.78. The van der Waals surface area contributed by atoms with E-state index in [0.29, 0.717) is 12.8 Å². The Morgan fingerprint density at radius 3 is 2.33 bits per heavy atom. The van der Waals surface area contributed by atoms with Gasteiger partial charge in [0.25, 0.3) is 0 Å². The number of esters is 3. The first-order valence-electron chi connectivity index (χ1n) is 10.9. The lowest BCUT2D eigenvalue weighted by molar-refractivity contribution is -0.178. The van der Waals surface area contributed by atoms with Gasteiger partial charge in [-0.15, -0.1) is 0 Å². The maximum Gasteiger partial charge on any atom is 0.311 e. The van der Waals surface area contributed by atoms with Gasteiger partial charge in [0.15, 0.2) is 0 Å². The van der Waals surface area contributed by atoms with Gasteiger partial charge >= 0.3 is 17.9 Å². The lowest BCUT2D eigenvalue weighted by Gasteiger charge is -2.35. The molecular weight excluding hydrogens is 384 g/mol. The van der Waals surface area contributed by atoms with E-state index in [-0.39, 0.29) is 44.6 Å². The summed E-state index contributed by atoms with van der Waals surface area (Å²) < 4.78 is 17.5. The van der Waals surface area contributed by atoms with Crippen molar-refractivity contribution in [3.05, 3.63) is 0 Å². The standard InChI is InChI=1S/C22H32O6.2CH4/c1-5-21(3,4)20(25)27-17-13-11-12-14(18(23)26-16(12)17)15(13)19(24)28-22(6-2)9-7-8-10-22;;/h12-17H,5-11H2,1-4H3;2*1H4. The van der Waals surface area contributed by atoms with Crippen molar-refractivity contribution in [1.29, 1.82) is 0 Å². The molecule has 0 aromatic carbocycles. The van der Waals surface area contributed by atoms with Crippen molar-refractivity contribution in [3.8, 4) is 0 Å². The van der Waals surface area contributed by atoms with Gasteiger partial charge in [-0.1, -0.05) is 28.7 Å². The van der Waals surface area contributed by atoms with Crippen LogP contribution in [0.1, 0.15) is 87.5 Å². The third-order valence-corrected chi connectivity index (χ3v) is 7.97. The highest BCUT2D eigenvalue weighted by Crippen LogP contribution is 2.59. The highest BCUT2D eigenvalue weighted by atomic mass is 16.6. The van der Waals surface area contributed by atoms with Crippen LogP contribution in [0.4, 0.5) is 0 Å². The Morgan fingerprint density at radius 2 is 1.77 bits per heavy atom. The first-order chi connectivity index (χ1) is 13.2. The molecule has 1 heterocycles. The summed E-state index contributed by atoms with van der Waals surface area (Å²) in [6.07, 6.45) is 5.10. The summed E-state index contributed by atoms with van der Waals surface area (Å²) in [6, 6.07) is 0. The van der Waals surface area contributed by atoms with E-state index in [1.165, 1.54) is 0 Å². The van der Waals surface area contributed by atoms with Gasteiger partial charge in [0.1, 0.15) is 17.8 Å². The van der Waals surface area contributed by atoms with E-state index in [4.69, 9.17) is 14.2 Å². The molecule has 0 aromatic heterocycles. The van der Waals surface area contributed by atoms with Crippen LogP contribution in [-0.4, -0.2) is 35.7 Å². The fourth-order valence-corrected chi connectivity index (χ4v) is 5.72. The number of ether oxygens (including phenoxy) is 3. The number of carbonyl (C=O) groups excluding carboxylic acids is 3. The minimum atomic E-state index is -0.601. The van der Waals surface area contributed by atoms with Crippen LogP contribution in [0.15, 0.2) is 0 Å². The molecule has 0 radical (unpaired) electrons. The van der Waals surface area contributed by atoms with Gasteiger partial charge in [-0.3, -0.25) is 14.4 Å². The quantitative estimate of drug-likeness (QED) is 0.455. The number of hydrogen-bond acceptors (Lipinski definition) is 6. The molecule has 6 unspecified atom stereocenters. The van der Waals surface area contributed by atoms with E-state index in [0.717, 1.165) is 32.1 Å². The van der Waals surface area contributed by atoms with Crippen LogP contribution >= 0.6 is 0 Å². The zero-order valence-electron chi connectivity index (χ0n) is 17.4. The van der Waals surface area contributed by atoms with Crippen LogP contribution in [0.5, 0.6) is 0 Å². The minimum Gasteiger partial charge on any atom is -0.459 e. The topological polar surface area (TPSA) is 78.9 Å². The smallest absolute Gasteiger partial charge is 0.311 e. The predicted octanol–water partition coefficient (Wildman–Crippen LogP) is 4.68. The van der Waals surface area contributed by atoms with Crippen molar-refractivity contribution in [2.75, 3.05) is 0 Å². The summed E-state index contributed by atoms with van der Waals surface area (Å²) in [4.78, 5) is 38.4. The Balaban J connectivity index is 0.00000160. The molecule has 2 bridgehead atoms. The second-order valence-corrected chi connectivity index (χ2v) is 9.79. The molecule has 3 aliphatic carbocycles. The van der Waals surface area contributed by atoms with E-state index in [9.17, 15) is 14.4 Å². The number of hydrogen-bond donors (Lipinski definition) is 0. The molecular formula is C24H40O6. The van der Waals surface area contributed by atoms with E-state index in [2.05, 4.69) is 6.92 Å². The van der Waals surface area contributed by atoms with Crippen LogP contribution in [-0.2, 0) is 28.6 Å². The molecule has 0 spiro atoms. The molecule has 3 saturated carbocycles. The van der Waals surface area contributed by atoms with Crippen molar-refractivity contribution in [1.82, 2.24) is 0 Å². The van der Waals surface area contributed by atoms with Gasteiger partial charge in [0.05, 0.1) is 17.3 Å². The van der Waals surface area contributed by atoms with Gasteiger partial charge in [-0.25, -0.2) is 0 Å². The molecule has 4 rings (SSSR count). The van der Waals surface area contributed by atoms with Crippen LogP contribution in [0.25, 0.3) is 0 Å². The van der Waals surface area contributed by atoms with E-state index >= 15 is 0 Å². The summed E-state index contributed by atoms with van der Waals surface area (Å²) in [5.74, 6) is -2.14. The number of fused-ring (bicyclic) bond motifs is 1. The third kappa shape index (κ3) is 3.64. The third-order valence-electron chi connectivity index (χ3n) is 7.97. The molecule has 4 aliphatic rings. The zero-order chi connectivity index (χ0) is 20.3. The highest BCUT2D eigenvalue weighted by molar-refractivity contribution is 5.86. The van der Waals surface area contributed by atoms with Gasteiger partial charge in [0, 0.05) is 11.8 Å². The monoisotopic (exact) mass is 424 g/mol. The Hall–Kier alpha value is -1.59. The normalized spacial score (nSPS) is 35.3. The van der Waals surface area contributed by atoms with Crippen LogP contribution in [0, 0.1) is 29.1 Å². The van der Waals surface area contributed by atoms with Crippen LogP contribution in [0.3, 0.4) is 0 Å². The zero-order valence-corrected chi connectivity index (χ0v) is 17.4. The second-order valence-electron chi connectivity index (χ2n) is 9.79. The van der Waals surface area contributed by atoms with Gasteiger partial charge in [-0.05, 0) is 58.8 Å². The Kier molecular flexibility index (Phi) is 7.00. The molecule has 4 fully saturated rings. The SMILES string of the molecule is C.C.CCC1(OC(=O)C2C3CC4C(OC(=O)C42)C3OC(=O)C(C)(C)CC)CCCC1. The van der Waals surface area contributed by atoms with Crippen LogP contribution in [0.2, 0.25) is 0 Å². The average Bonchev–Trinajstić information content (AvgIpc) is 3.39. The molecule has 6 heteroatoms. The van der Waals surface area contributed by atoms with Gasteiger partial charge in [-0.2, -0.15) is 0 Å². The molecule has 6 atom stereocenters. The van der Waals surface area contributed by atoms with Crippen LogP contribution < -0.4 is 0 Å². The van der Waals surface area contributed by atoms with E-state index < -0.39 is 35.1 Å². The lowest BCUT2D eigenvalue weighted by Crippen LogP contribution is -2.46. The summed E-state index contributed by atoms with van der Waals surface area (Å²) in [5, 5.41) is 0. The number of rotatable bonds is 6. The Labute approximate surface area is 181 Å². The largest absolute Gasteiger partial charge is 0.459 e. The van der Waals surface area contributed by atoms with Crippen molar-refractivity contribution in [2.45, 2.75) is 105 Å². The average molecular weight is 425 g/mol. The molecule has 6 nitrogen and oxygen atoms in total. The maximum absolute atomic E-state index is 13.2.